The van der Waals surface area contributed by atoms with Gasteiger partial charge in [0.05, 0.1) is 17.3 Å². The Hall–Kier alpha value is -2.26. The summed E-state index contributed by atoms with van der Waals surface area (Å²) >= 11 is 2.39. The van der Waals surface area contributed by atoms with E-state index < -0.39 is 0 Å². The Balaban J connectivity index is 1.85. The maximum Gasteiger partial charge on any atom is 0.288 e. The summed E-state index contributed by atoms with van der Waals surface area (Å²) in [6.07, 6.45) is 0. The Morgan fingerprint density at radius 2 is 2.20 bits per heavy atom. The van der Waals surface area contributed by atoms with Gasteiger partial charge >= 0.3 is 0 Å². The number of carbonyl (C=O) groups is 1. The maximum absolute atomic E-state index is 11.9. The average molecular weight is 307 g/mol. The summed E-state index contributed by atoms with van der Waals surface area (Å²) in [5.41, 5.74) is 6.24. The van der Waals surface area contributed by atoms with Crippen molar-refractivity contribution in [1.29, 1.82) is 0 Å². The first kappa shape index (κ1) is 12.8. The highest BCUT2D eigenvalue weighted by atomic mass is 32.1. The number of rotatable bonds is 3. The van der Waals surface area contributed by atoms with Crippen LogP contribution in [-0.2, 0) is 0 Å². The Bertz CT molecular complexity index is 782. The number of ether oxygens (including phenoxy) is 1. The van der Waals surface area contributed by atoms with Crippen LogP contribution >= 0.6 is 22.7 Å². The molecule has 0 saturated heterocycles. The molecule has 0 saturated carbocycles. The number of fused-ring (bicyclic) bond motifs is 1. The van der Waals surface area contributed by atoms with E-state index in [1.54, 1.807) is 7.11 Å². The minimum Gasteiger partial charge on any atom is -0.497 e. The van der Waals surface area contributed by atoms with Crippen molar-refractivity contribution in [1.82, 2.24) is 15.2 Å². The quantitative estimate of drug-likeness (QED) is 0.767. The number of anilines is 2. The van der Waals surface area contributed by atoms with Crippen LogP contribution in [0.1, 0.15) is 9.80 Å². The number of benzene rings is 1. The summed E-state index contributed by atoms with van der Waals surface area (Å²) in [5, 5.41) is 10.9. The number of amides is 1. The van der Waals surface area contributed by atoms with Gasteiger partial charge in [-0.1, -0.05) is 22.7 Å². The van der Waals surface area contributed by atoms with Crippen LogP contribution in [0.25, 0.3) is 10.2 Å². The van der Waals surface area contributed by atoms with Crippen LogP contribution < -0.4 is 15.8 Å². The monoisotopic (exact) mass is 307 g/mol. The van der Waals surface area contributed by atoms with Crippen molar-refractivity contribution in [2.45, 2.75) is 0 Å². The molecule has 0 unspecified atom stereocenters. The van der Waals surface area contributed by atoms with E-state index in [0.29, 0.717) is 5.13 Å². The Morgan fingerprint density at radius 3 is 2.90 bits per heavy atom. The molecule has 0 aliphatic rings. The zero-order chi connectivity index (χ0) is 14.1. The van der Waals surface area contributed by atoms with Crippen molar-refractivity contribution >= 4 is 49.1 Å². The smallest absolute Gasteiger partial charge is 0.288 e. The maximum atomic E-state index is 11.9. The van der Waals surface area contributed by atoms with Gasteiger partial charge in [-0.05, 0) is 18.2 Å². The predicted molar refractivity (Wildman–Crippen MR) is 78.4 cm³/mol. The second-order valence-electron chi connectivity index (χ2n) is 3.75. The first-order valence-electron chi connectivity index (χ1n) is 5.50. The molecule has 0 bridgehead atoms. The fourth-order valence-electron chi connectivity index (χ4n) is 1.56. The fraction of sp³-hybridized carbons (Fsp3) is 0.0909. The SMILES string of the molecule is COc1ccc2nc(NC(=O)c3nnc(N)s3)sc2c1. The van der Waals surface area contributed by atoms with E-state index in [1.165, 1.54) is 11.3 Å². The number of nitrogens with zero attached hydrogens (tertiary/aromatic N) is 3. The minimum atomic E-state index is -0.370. The number of thiazole rings is 1. The van der Waals surface area contributed by atoms with Crippen LogP contribution in [0.5, 0.6) is 5.75 Å². The van der Waals surface area contributed by atoms with Crippen LogP contribution in [0.15, 0.2) is 18.2 Å². The molecule has 1 aromatic carbocycles. The third-order valence-corrected chi connectivity index (χ3v) is 4.14. The molecule has 2 aromatic heterocycles. The van der Waals surface area contributed by atoms with Crippen molar-refractivity contribution in [2.24, 2.45) is 0 Å². The molecule has 3 aromatic rings. The summed E-state index contributed by atoms with van der Waals surface area (Å²) in [4.78, 5) is 16.2. The van der Waals surface area contributed by atoms with Crippen LogP contribution in [-0.4, -0.2) is 28.2 Å². The highest BCUT2D eigenvalue weighted by molar-refractivity contribution is 7.22. The second kappa shape index (κ2) is 5.02. The summed E-state index contributed by atoms with van der Waals surface area (Å²) in [7, 11) is 1.60. The summed E-state index contributed by atoms with van der Waals surface area (Å²) < 4.78 is 6.07. The molecule has 2 heterocycles. The lowest BCUT2D eigenvalue weighted by Gasteiger charge is -1.96. The molecule has 0 spiro atoms. The molecule has 0 aliphatic heterocycles. The molecule has 9 heteroatoms. The van der Waals surface area contributed by atoms with Crippen LogP contribution in [0.4, 0.5) is 10.3 Å². The summed E-state index contributed by atoms with van der Waals surface area (Å²) in [6.45, 7) is 0. The largest absolute Gasteiger partial charge is 0.497 e. The van der Waals surface area contributed by atoms with Gasteiger partial charge in [0.1, 0.15) is 5.75 Å². The molecule has 0 atom stereocenters. The van der Waals surface area contributed by atoms with Gasteiger partial charge in [-0.2, -0.15) is 0 Å². The van der Waals surface area contributed by atoms with E-state index in [0.717, 1.165) is 27.3 Å². The van der Waals surface area contributed by atoms with E-state index in [9.17, 15) is 4.79 Å². The number of nitrogens with one attached hydrogen (secondary N) is 1. The van der Waals surface area contributed by atoms with Crippen molar-refractivity contribution in [2.75, 3.05) is 18.2 Å². The molecule has 3 rings (SSSR count). The van der Waals surface area contributed by atoms with Crippen molar-refractivity contribution < 1.29 is 9.53 Å². The van der Waals surface area contributed by atoms with Gasteiger partial charge in [0.25, 0.3) is 5.91 Å². The molecule has 102 valence electrons. The molecular formula is C11H9N5O2S2. The van der Waals surface area contributed by atoms with Crippen LogP contribution in [0.2, 0.25) is 0 Å². The van der Waals surface area contributed by atoms with Crippen molar-refractivity contribution in [3.05, 3.63) is 23.2 Å². The first-order chi connectivity index (χ1) is 9.65. The van der Waals surface area contributed by atoms with Gasteiger partial charge in [-0.3, -0.25) is 10.1 Å². The van der Waals surface area contributed by atoms with E-state index >= 15 is 0 Å². The first-order valence-corrected chi connectivity index (χ1v) is 7.14. The van der Waals surface area contributed by atoms with Crippen LogP contribution in [0, 0.1) is 0 Å². The summed E-state index contributed by atoms with van der Waals surface area (Å²) in [5.74, 6) is 0.376. The normalized spacial score (nSPS) is 10.7. The van der Waals surface area contributed by atoms with Gasteiger partial charge in [-0.15, -0.1) is 10.2 Å². The molecule has 3 N–H and O–H groups in total. The van der Waals surface area contributed by atoms with E-state index in [4.69, 9.17) is 10.5 Å². The van der Waals surface area contributed by atoms with Gasteiger partial charge in [0.2, 0.25) is 10.1 Å². The molecule has 1 amide bonds. The van der Waals surface area contributed by atoms with Gasteiger partial charge in [0.15, 0.2) is 5.13 Å². The van der Waals surface area contributed by atoms with Crippen molar-refractivity contribution in [3.8, 4) is 5.75 Å². The van der Waals surface area contributed by atoms with E-state index in [1.807, 2.05) is 18.2 Å². The predicted octanol–water partition coefficient (Wildman–Crippen LogP) is 1.99. The molecule has 0 fully saturated rings. The Kier molecular flexibility index (Phi) is 3.20. The average Bonchev–Trinajstić information content (AvgIpc) is 3.03. The Morgan fingerprint density at radius 1 is 1.35 bits per heavy atom. The number of nitrogens with two attached hydrogens (primary N) is 1. The molecule has 0 radical (unpaired) electrons. The zero-order valence-electron chi connectivity index (χ0n) is 10.3. The lowest BCUT2D eigenvalue weighted by atomic mass is 10.3. The standard InChI is InChI=1S/C11H9N5O2S2/c1-18-5-2-3-6-7(4-5)19-11(13-6)14-8(17)9-15-16-10(12)20-9/h2-4H,1H3,(H2,12,16)(H,13,14,17). The number of hydrogen-bond donors (Lipinski definition) is 2. The highest BCUT2D eigenvalue weighted by Crippen LogP contribution is 2.29. The lowest BCUT2D eigenvalue weighted by Crippen LogP contribution is -2.11. The highest BCUT2D eigenvalue weighted by Gasteiger charge is 2.14. The third-order valence-electron chi connectivity index (χ3n) is 2.45. The fourth-order valence-corrected chi connectivity index (χ4v) is 2.96. The number of carbonyl (C=O) groups excluding carboxylic acids is 1. The van der Waals surface area contributed by atoms with E-state index in [2.05, 4.69) is 20.5 Å². The number of aromatic nitrogens is 3. The zero-order valence-corrected chi connectivity index (χ0v) is 11.9. The molecule has 20 heavy (non-hydrogen) atoms. The van der Waals surface area contributed by atoms with Crippen LogP contribution in [0.3, 0.4) is 0 Å². The third kappa shape index (κ3) is 2.40. The number of nitrogen functional groups attached to an aromatic ring is 1. The van der Waals surface area contributed by atoms with Gasteiger partial charge in [0, 0.05) is 0 Å². The number of methoxy groups -OCH3 is 1. The van der Waals surface area contributed by atoms with Gasteiger partial charge < -0.3 is 10.5 Å². The molecule has 7 nitrogen and oxygen atoms in total. The molecular weight excluding hydrogens is 298 g/mol. The number of hydrogen-bond acceptors (Lipinski definition) is 8. The van der Waals surface area contributed by atoms with Gasteiger partial charge in [-0.25, -0.2) is 4.98 Å². The minimum absolute atomic E-state index is 0.208. The Labute approximate surface area is 121 Å². The summed E-state index contributed by atoms with van der Waals surface area (Å²) in [6, 6.07) is 5.52. The second-order valence-corrected chi connectivity index (χ2v) is 5.79. The topological polar surface area (TPSA) is 103 Å². The van der Waals surface area contributed by atoms with E-state index in [-0.39, 0.29) is 16.0 Å². The van der Waals surface area contributed by atoms with Crippen molar-refractivity contribution in [3.63, 3.8) is 0 Å². The lowest BCUT2D eigenvalue weighted by molar-refractivity contribution is 0.102. The molecule has 0 aliphatic carbocycles.